The van der Waals surface area contributed by atoms with Gasteiger partial charge < -0.3 is 14.9 Å². The number of aliphatic hydroxyl groups excluding tert-OH is 1. The summed E-state index contributed by atoms with van der Waals surface area (Å²) in [6.45, 7) is 3.46. The highest BCUT2D eigenvalue weighted by Crippen LogP contribution is 2.34. The number of rotatable bonds is 6. The number of carboxylic acid groups (broad SMARTS) is 1. The Kier molecular flexibility index (Phi) is 4.83. The van der Waals surface area contributed by atoms with Gasteiger partial charge in [0.25, 0.3) is 0 Å². The first-order valence-electron chi connectivity index (χ1n) is 7.09. The molecule has 0 bridgehead atoms. The maximum Gasteiger partial charge on any atom is 0.312 e. The molecule has 2 rings (SSSR count). The fourth-order valence-corrected chi connectivity index (χ4v) is 2.02. The molecule has 0 aliphatic carbocycles. The number of aliphatic hydroxyl groups is 1. The Labute approximate surface area is 130 Å². The fourth-order valence-electron chi connectivity index (χ4n) is 2.02. The summed E-state index contributed by atoms with van der Waals surface area (Å²) in [5.41, 5.74) is 0.380. The standard InChI is InChI=1S/C18H20O4/c1-18(2,17(20)21)16(19)14-8-10-15(11-9-14)22-12-13-6-4-3-5-7-13/h3-11,16,19H,12H2,1-2H3,(H,20,21). The predicted molar refractivity (Wildman–Crippen MR) is 83.6 cm³/mol. The zero-order valence-corrected chi connectivity index (χ0v) is 12.7. The second kappa shape index (κ2) is 6.62. The lowest BCUT2D eigenvalue weighted by atomic mass is 9.83. The minimum absolute atomic E-state index is 0.462. The molecule has 0 radical (unpaired) electrons. The van der Waals surface area contributed by atoms with E-state index in [0.29, 0.717) is 17.9 Å². The van der Waals surface area contributed by atoms with Gasteiger partial charge in [0.15, 0.2) is 0 Å². The molecule has 0 fully saturated rings. The van der Waals surface area contributed by atoms with Crippen molar-refractivity contribution < 1.29 is 19.7 Å². The summed E-state index contributed by atoms with van der Waals surface area (Å²) in [5, 5.41) is 19.3. The summed E-state index contributed by atoms with van der Waals surface area (Å²) < 4.78 is 5.66. The first-order chi connectivity index (χ1) is 10.4. The van der Waals surface area contributed by atoms with Gasteiger partial charge in [0.05, 0.1) is 11.5 Å². The summed E-state index contributed by atoms with van der Waals surface area (Å²) in [4.78, 5) is 11.2. The number of hydrogen-bond donors (Lipinski definition) is 2. The highest BCUT2D eigenvalue weighted by atomic mass is 16.5. The average Bonchev–Trinajstić information content (AvgIpc) is 2.53. The monoisotopic (exact) mass is 300 g/mol. The molecule has 0 aliphatic rings. The van der Waals surface area contributed by atoms with Crippen LogP contribution in [-0.4, -0.2) is 16.2 Å². The van der Waals surface area contributed by atoms with Crippen molar-refractivity contribution in [3.8, 4) is 5.75 Å². The minimum atomic E-state index is -1.24. The van der Waals surface area contributed by atoms with Gasteiger partial charge in [0.2, 0.25) is 0 Å². The molecule has 1 unspecified atom stereocenters. The number of carboxylic acids is 1. The van der Waals surface area contributed by atoms with Gasteiger partial charge in [-0.05, 0) is 37.1 Å². The Morgan fingerprint density at radius 1 is 1.09 bits per heavy atom. The Morgan fingerprint density at radius 3 is 2.23 bits per heavy atom. The van der Waals surface area contributed by atoms with Gasteiger partial charge in [-0.15, -0.1) is 0 Å². The first kappa shape index (κ1) is 16.0. The highest BCUT2D eigenvalue weighted by molar-refractivity contribution is 5.74. The summed E-state index contributed by atoms with van der Waals surface area (Å²) in [5.74, 6) is -0.364. The maximum atomic E-state index is 11.2. The molecule has 2 N–H and O–H groups in total. The summed E-state index contributed by atoms with van der Waals surface area (Å²) in [6, 6.07) is 16.7. The Bertz CT molecular complexity index is 617. The number of aliphatic carboxylic acids is 1. The van der Waals surface area contributed by atoms with E-state index in [1.165, 1.54) is 13.8 Å². The van der Waals surface area contributed by atoms with Gasteiger partial charge in [-0.25, -0.2) is 0 Å². The molecule has 0 aliphatic heterocycles. The van der Waals surface area contributed by atoms with Crippen LogP contribution in [0.15, 0.2) is 54.6 Å². The van der Waals surface area contributed by atoms with Crippen molar-refractivity contribution in [2.45, 2.75) is 26.6 Å². The molecule has 0 spiro atoms. The van der Waals surface area contributed by atoms with Gasteiger partial charge in [-0.2, -0.15) is 0 Å². The average molecular weight is 300 g/mol. The number of ether oxygens (including phenoxy) is 1. The third-order valence-electron chi connectivity index (χ3n) is 3.68. The Hall–Kier alpha value is -2.33. The molecule has 0 aromatic heterocycles. The molecule has 116 valence electrons. The molecule has 1 atom stereocenters. The van der Waals surface area contributed by atoms with E-state index >= 15 is 0 Å². The van der Waals surface area contributed by atoms with Gasteiger partial charge in [0, 0.05) is 0 Å². The van der Waals surface area contributed by atoms with Crippen molar-refractivity contribution in [2.24, 2.45) is 5.41 Å². The van der Waals surface area contributed by atoms with E-state index in [1.54, 1.807) is 24.3 Å². The fraction of sp³-hybridized carbons (Fsp3) is 0.278. The lowest BCUT2D eigenvalue weighted by molar-refractivity contribution is -0.153. The molecule has 4 nitrogen and oxygen atoms in total. The van der Waals surface area contributed by atoms with E-state index < -0.39 is 17.5 Å². The van der Waals surface area contributed by atoms with Crippen molar-refractivity contribution in [3.05, 3.63) is 65.7 Å². The predicted octanol–water partition coefficient (Wildman–Crippen LogP) is 3.41. The minimum Gasteiger partial charge on any atom is -0.489 e. The van der Waals surface area contributed by atoms with Crippen LogP contribution in [0.5, 0.6) is 5.75 Å². The van der Waals surface area contributed by atoms with E-state index in [-0.39, 0.29) is 0 Å². The molecule has 22 heavy (non-hydrogen) atoms. The van der Waals surface area contributed by atoms with Gasteiger partial charge >= 0.3 is 5.97 Å². The Morgan fingerprint density at radius 2 is 1.68 bits per heavy atom. The summed E-state index contributed by atoms with van der Waals surface area (Å²) in [6.07, 6.45) is -1.08. The van der Waals surface area contributed by atoms with Crippen LogP contribution < -0.4 is 4.74 Å². The molecular formula is C18H20O4. The van der Waals surface area contributed by atoms with Crippen molar-refractivity contribution in [3.63, 3.8) is 0 Å². The number of benzene rings is 2. The third-order valence-corrected chi connectivity index (χ3v) is 3.68. The molecule has 0 heterocycles. The van der Waals surface area contributed by atoms with E-state index in [4.69, 9.17) is 9.84 Å². The largest absolute Gasteiger partial charge is 0.489 e. The van der Waals surface area contributed by atoms with E-state index in [9.17, 15) is 9.90 Å². The van der Waals surface area contributed by atoms with Crippen LogP contribution >= 0.6 is 0 Å². The molecule has 2 aromatic carbocycles. The van der Waals surface area contributed by atoms with Crippen molar-refractivity contribution in [2.75, 3.05) is 0 Å². The lowest BCUT2D eigenvalue weighted by Gasteiger charge is -2.26. The molecule has 2 aromatic rings. The number of carbonyl (C=O) groups is 1. The van der Waals surface area contributed by atoms with E-state index in [1.807, 2.05) is 30.3 Å². The van der Waals surface area contributed by atoms with Gasteiger partial charge in [-0.1, -0.05) is 42.5 Å². The molecule has 0 saturated heterocycles. The molecule has 0 saturated carbocycles. The Balaban J connectivity index is 2.03. The SMILES string of the molecule is CC(C)(C(=O)O)C(O)c1ccc(OCc2ccccc2)cc1. The third kappa shape index (κ3) is 3.65. The van der Waals surface area contributed by atoms with Crippen molar-refractivity contribution in [1.82, 2.24) is 0 Å². The van der Waals surface area contributed by atoms with Crippen LogP contribution in [0.25, 0.3) is 0 Å². The lowest BCUT2D eigenvalue weighted by Crippen LogP contribution is -2.31. The van der Waals surface area contributed by atoms with Crippen LogP contribution in [0.4, 0.5) is 0 Å². The van der Waals surface area contributed by atoms with Crippen LogP contribution in [0.1, 0.15) is 31.1 Å². The number of hydrogen-bond acceptors (Lipinski definition) is 3. The quantitative estimate of drug-likeness (QED) is 0.858. The maximum absolute atomic E-state index is 11.2. The van der Waals surface area contributed by atoms with Gasteiger partial charge in [0.1, 0.15) is 12.4 Å². The molecule has 4 heteroatoms. The van der Waals surface area contributed by atoms with E-state index in [2.05, 4.69) is 0 Å². The van der Waals surface area contributed by atoms with Crippen molar-refractivity contribution >= 4 is 5.97 Å². The second-order valence-corrected chi connectivity index (χ2v) is 5.77. The van der Waals surface area contributed by atoms with E-state index in [0.717, 1.165) is 5.56 Å². The van der Waals surface area contributed by atoms with Crippen LogP contribution in [0.3, 0.4) is 0 Å². The zero-order chi connectivity index (χ0) is 16.2. The normalized spacial score (nSPS) is 12.7. The summed E-state index contributed by atoms with van der Waals surface area (Å²) >= 11 is 0. The van der Waals surface area contributed by atoms with Crippen molar-refractivity contribution in [1.29, 1.82) is 0 Å². The zero-order valence-electron chi connectivity index (χ0n) is 12.7. The molecule has 0 amide bonds. The summed E-state index contributed by atoms with van der Waals surface area (Å²) in [7, 11) is 0. The highest BCUT2D eigenvalue weighted by Gasteiger charge is 2.36. The second-order valence-electron chi connectivity index (χ2n) is 5.77. The van der Waals surface area contributed by atoms with Crippen LogP contribution in [0.2, 0.25) is 0 Å². The smallest absolute Gasteiger partial charge is 0.312 e. The van der Waals surface area contributed by atoms with Crippen LogP contribution in [-0.2, 0) is 11.4 Å². The van der Waals surface area contributed by atoms with Crippen LogP contribution in [0, 0.1) is 5.41 Å². The first-order valence-corrected chi connectivity index (χ1v) is 7.09. The van der Waals surface area contributed by atoms with Gasteiger partial charge in [-0.3, -0.25) is 4.79 Å². The molecular weight excluding hydrogens is 280 g/mol. The topological polar surface area (TPSA) is 66.8 Å².